The van der Waals surface area contributed by atoms with Crippen LogP contribution in [0.2, 0.25) is 0 Å². The highest BCUT2D eigenvalue weighted by Gasteiger charge is 2.19. The summed E-state index contributed by atoms with van der Waals surface area (Å²) in [6.45, 7) is 1.51. The van der Waals surface area contributed by atoms with Crippen molar-refractivity contribution in [3.63, 3.8) is 0 Å². The molecule has 88 valence electrons. The summed E-state index contributed by atoms with van der Waals surface area (Å²) in [5.74, 6) is 0. The van der Waals surface area contributed by atoms with Gasteiger partial charge >= 0.3 is 0 Å². The van der Waals surface area contributed by atoms with Crippen LogP contribution in [0.5, 0.6) is 0 Å². The first-order valence-electron chi connectivity index (χ1n) is 6.14. The van der Waals surface area contributed by atoms with E-state index in [0.717, 1.165) is 18.3 Å². The summed E-state index contributed by atoms with van der Waals surface area (Å²) >= 11 is 0. The molecule has 2 rings (SSSR count). The highest BCUT2D eigenvalue weighted by molar-refractivity contribution is 5.19. The third-order valence-corrected chi connectivity index (χ3v) is 3.55. The van der Waals surface area contributed by atoms with Crippen LogP contribution in [0.25, 0.3) is 0 Å². The third-order valence-electron chi connectivity index (χ3n) is 3.55. The molecule has 1 saturated carbocycles. The van der Waals surface area contributed by atoms with Crippen LogP contribution in [0.3, 0.4) is 0 Å². The lowest BCUT2D eigenvalue weighted by Crippen LogP contribution is -2.29. The van der Waals surface area contributed by atoms with E-state index in [1.807, 2.05) is 12.3 Å². The first-order chi connectivity index (χ1) is 7.81. The number of hydrogen-bond donors (Lipinski definition) is 1. The zero-order valence-corrected chi connectivity index (χ0v) is 10.0. The van der Waals surface area contributed by atoms with E-state index < -0.39 is 0 Å². The fourth-order valence-corrected chi connectivity index (χ4v) is 2.54. The number of nitrogens with zero attached hydrogens (tertiary/aromatic N) is 2. The number of aromatic nitrogens is 1. The van der Waals surface area contributed by atoms with Gasteiger partial charge in [-0.25, -0.2) is 0 Å². The van der Waals surface area contributed by atoms with E-state index in [1.165, 1.54) is 31.2 Å². The molecule has 0 radical (unpaired) electrons. The standard InChI is InChI=1S/C13H21N3/c1-16(12-6-2-3-7-12)10-11-5-4-8-15-13(11)9-14/h4-5,8,12H,2-3,6-7,9-10,14H2,1H3. The van der Waals surface area contributed by atoms with Crippen molar-refractivity contribution in [2.75, 3.05) is 7.05 Å². The second-order valence-electron chi connectivity index (χ2n) is 4.67. The van der Waals surface area contributed by atoms with Gasteiger partial charge in [0.05, 0.1) is 5.69 Å². The van der Waals surface area contributed by atoms with Gasteiger partial charge in [-0.2, -0.15) is 0 Å². The monoisotopic (exact) mass is 219 g/mol. The summed E-state index contributed by atoms with van der Waals surface area (Å²) < 4.78 is 0. The second kappa shape index (κ2) is 5.41. The summed E-state index contributed by atoms with van der Waals surface area (Å²) in [5, 5.41) is 0. The second-order valence-corrected chi connectivity index (χ2v) is 4.67. The lowest BCUT2D eigenvalue weighted by atomic mass is 10.1. The maximum absolute atomic E-state index is 5.70. The Labute approximate surface area is 97.7 Å². The number of rotatable bonds is 4. The maximum Gasteiger partial charge on any atom is 0.0584 e. The molecular formula is C13H21N3. The minimum absolute atomic E-state index is 0.536. The lowest BCUT2D eigenvalue weighted by molar-refractivity contribution is 0.236. The van der Waals surface area contributed by atoms with Gasteiger partial charge in [-0.3, -0.25) is 9.88 Å². The quantitative estimate of drug-likeness (QED) is 0.841. The van der Waals surface area contributed by atoms with Crippen LogP contribution in [0.15, 0.2) is 18.3 Å². The predicted molar refractivity (Wildman–Crippen MR) is 65.9 cm³/mol. The molecule has 0 saturated heterocycles. The van der Waals surface area contributed by atoms with Gasteiger partial charge in [-0.05, 0) is 31.5 Å². The molecule has 0 bridgehead atoms. The molecule has 2 N–H and O–H groups in total. The molecule has 3 nitrogen and oxygen atoms in total. The number of nitrogens with two attached hydrogens (primary N) is 1. The highest BCUT2D eigenvalue weighted by Crippen LogP contribution is 2.23. The van der Waals surface area contributed by atoms with Crippen LogP contribution in [0, 0.1) is 0 Å². The molecule has 3 heteroatoms. The Kier molecular flexibility index (Phi) is 3.91. The van der Waals surface area contributed by atoms with E-state index in [1.54, 1.807) is 0 Å². The van der Waals surface area contributed by atoms with Gasteiger partial charge < -0.3 is 5.73 Å². The third kappa shape index (κ3) is 2.60. The van der Waals surface area contributed by atoms with Gasteiger partial charge in [0.15, 0.2) is 0 Å². The Morgan fingerprint density at radius 3 is 2.88 bits per heavy atom. The highest BCUT2D eigenvalue weighted by atomic mass is 15.1. The average molecular weight is 219 g/mol. The normalized spacial score (nSPS) is 17.2. The molecule has 0 aliphatic heterocycles. The molecule has 0 spiro atoms. The van der Waals surface area contributed by atoms with E-state index >= 15 is 0 Å². The topological polar surface area (TPSA) is 42.2 Å². The Bertz CT molecular complexity index is 332. The van der Waals surface area contributed by atoms with Crippen LogP contribution in [0.4, 0.5) is 0 Å². The van der Waals surface area contributed by atoms with Crippen molar-refractivity contribution in [1.82, 2.24) is 9.88 Å². The Hall–Kier alpha value is -0.930. The summed E-state index contributed by atoms with van der Waals surface area (Å²) in [6.07, 6.45) is 7.27. The van der Waals surface area contributed by atoms with E-state index in [2.05, 4.69) is 23.0 Å². The van der Waals surface area contributed by atoms with E-state index in [0.29, 0.717) is 6.54 Å². The molecule has 16 heavy (non-hydrogen) atoms. The first-order valence-corrected chi connectivity index (χ1v) is 6.14. The van der Waals surface area contributed by atoms with Crippen molar-refractivity contribution in [1.29, 1.82) is 0 Å². The lowest BCUT2D eigenvalue weighted by Gasteiger charge is -2.24. The molecule has 1 aliphatic carbocycles. The molecule has 1 heterocycles. The van der Waals surface area contributed by atoms with Gasteiger partial charge in [0.2, 0.25) is 0 Å². The molecule has 1 fully saturated rings. The van der Waals surface area contributed by atoms with Crippen LogP contribution in [-0.2, 0) is 13.1 Å². The van der Waals surface area contributed by atoms with Gasteiger partial charge in [0.1, 0.15) is 0 Å². The Morgan fingerprint density at radius 2 is 2.19 bits per heavy atom. The van der Waals surface area contributed by atoms with Gasteiger partial charge in [0.25, 0.3) is 0 Å². The SMILES string of the molecule is CN(Cc1cccnc1CN)C1CCCC1. The van der Waals surface area contributed by atoms with E-state index in [-0.39, 0.29) is 0 Å². The van der Waals surface area contributed by atoms with Crippen molar-refractivity contribution in [3.8, 4) is 0 Å². The molecule has 0 atom stereocenters. The molecular weight excluding hydrogens is 198 g/mol. The van der Waals surface area contributed by atoms with Crippen molar-refractivity contribution in [2.24, 2.45) is 5.73 Å². The van der Waals surface area contributed by atoms with Crippen molar-refractivity contribution in [2.45, 2.75) is 44.8 Å². The van der Waals surface area contributed by atoms with Gasteiger partial charge in [-0.1, -0.05) is 18.9 Å². The molecule has 1 aromatic heterocycles. The molecule has 1 aliphatic rings. The van der Waals surface area contributed by atoms with E-state index in [4.69, 9.17) is 5.73 Å². The average Bonchev–Trinajstić information content (AvgIpc) is 2.83. The summed E-state index contributed by atoms with van der Waals surface area (Å²) in [7, 11) is 2.21. The first kappa shape index (κ1) is 11.6. The van der Waals surface area contributed by atoms with Crippen LogP contribution in [-0.4, -0.2) is 23.0 Å². The fourth-order valence-electron chi connectivity index (χ4n) is 2.54. The van der Waals surface area contributed by atoms with Gasteiger partial charge in [-0.15, -0.1) is 0 Å². The van der Waals surface area contributed by atoms with Crippen LogP contribution in [0.1, 0.15) is 36.9 Å². The summed E-state index contributed by atoms with van der Waals surface area (Å²) in [4.78, 5) is 6.77. The molecule has 0 unspecified atom stereocenters. The maximum atomic E-state index is 5.70. The summed E-state index contributed by atoms with van der Waals surface area (Å²) in [6, 6.07) is 4.89. The molecule has 1 aromatic rings. The van der Waals surface area contributed by atoms with Crippen molar-refractivity contribution < 1.29 is 0 Å². The zero-order valence-electron chi connectivity index (χ0n) is 10.0. The molecule has 0 aromatic carbocycles. The zero-order chi connectivity index (χ0) is 11.4. The largest absolute Gasteiger partial charge is 0.325 e. The predicted octanol–water partition coefficient (Wildman–Crippen LogP) is 1.91. The minimum Gasteiger partial charge on any atom is -0.325 e. The minimum atomic E-state index is 0.536. The fraction of sp³-hybridized carbons (Fsp3) is 0.615. The smallest absolute Gasteiger partial charge is 0.0584 e. The van der Waals surface area contributed by atoms with Gasteiger partial charge in [0, 0.05) is 25.3 Å². The number of pyridine rings is 1. The van der Waals surface area contributed by atoms with Crippen molar-refractivity contribution in [3.05, 3.63) is 29.6 Å². The Morgan fingerprint density at radius 1 is 1.44 bits per heavy atom. The summed E-state index contributed by atoms with van der Waals surface area (Å²) in [5.41, 5.74) is 8.01. The molecule has 0 amide bonds. The Balaban J connectivity index is 2.01. The van der Waals surface area contributed by atoms with E-state index in [9.17, 15) is 0 Å². The van der Waals surface area contributed by atoms with Crippen LogP contribution < -0.4 is 5.73 Å². The van der Waals surface area contributed by atoms with Crippen molar-refractivity contribution >= 4 is 0 Å². The van der Waals surface area contributed by atoms with Crippen LogP contribution >= 0.6 is 0 Å². The number of hydrogen-bond acceptors (Lipinski definition) is 3.